The van der Waals surface area contributed by atoms with Crippen molar-refractivity contribution < 1.29 is 27.5 Å². The molecule has 1 unspecified atom stereocenters. The number of hydrogen-bond acceptors (Lipinski definition) is 5. The van der Waals surface area contributed by atoms with E-state index in [1.807, 2.05) is 24.3 Å². The lowest BCUT2D eigenvalue weighted by Gasteiger charge is -2.23. The average molecular weight is 478 g/mol. The van der Waals surface area contributed by atoms with E-state index in [4.69, 9.17) is 4.74 Å². The van der Waals surface area contributed by atoms with E-state index in [1.54, 1.807) is 11.0 Å². The van der Waals surface area contributed by atoms with Crippen LogP contribution in [0.1, 0.15) is 17.5 Å². The van der Waals surface area contributed by atoms with E-state index >= 15 is 0 Å². The maximum absolute atomic E-state index is 13.4. The highest BCUT2D eigenvalue weighted by Gasteiger charge is 2.38. The molecule has 2 aromatic carbocycles. The van der Waals surface area contributed by atoms with Gasteiger partial charge in [0.05, 0.1) is 34.8 Å². The number of amides is 2. The first-order valence-electron chi connectivity index (χ1n) is 10.4. The van der Waals surface area contributed by atoms with Crippen LogP contribution in [-0.4, -0.2) is 48.5 Å². The molecular formula is C23H22F3N3O3S. The van der Waals surface area contributed by atoms with Gasteiger partial charge in [0, 0.05) is 26.6 Å². The molecule has 4 rings (SSSR count). The Morgan fingerprint density at radius 2 is 2.03 bits per heavy atom. The summed E-state index contributed by atoms with van der Waals surface area (Å²) in [5.41, 5.74) is 0.385. The van der Waals surface area contributed by atoms with Gasteiger partial charge in [-0.05, 0) is 29.8 Å². The SMILES string of the molecule is COCCN(C(=O)C1CC(=O)N(Cc2cccc(C(F)(F)F)c2)C1)c1nc2ccccc2s1. The average Bonchev–Trinajstić information content (AvgIpc) is 3.37. The second-order valence-electron chi connectivity index (χ2n) is 7.82. The predicted octanol–water partition coefficient (Wildman–Crippen LogP) is 4.34. The number of likely N-dealkylation sites (tertiary alicyclic amines) is 1. The van der Waals surface area contributed by atoms with Crippen molar-refractivity contribution in [2.24, 2.45) is 5.92 Å². The molecule has 1 saturated heterocycles. The van der Waals surface area contributed by atoms with E-state index in [0.29, 0.717) is 17.3 Å². The predicted molar refractivity (Wildman–Crippen MR) is 119 cm³/mol. The number of carbonyl (C=O) groups is 2. The summed E-state index contributed by atoms with van der Waals surface area (Å²) in [6, 6.07) is 12.4. The molecule has 0 radical (unpaired) electrons. The van der Waals surface area contributed by atoms with Crippen LogP contribution in [0.4, 0.5) is 18.3 Å². The second-order valence-corrected chi connectivity index (χ2v) is 8.83. The highest BCUT2D eigenvalue weighted by molar-refractivity contribution is 7.22. The van der Waals surface area contributed by atoms with Crippen molar-refractivity contribution >= 4 is 38.5 Å². The molecule has 0 saturated carbocycles. The maximum atomic E-state index is 13.4. The van der Waals surface area contributed by atoms with Crippen molar-refractivity contribution in [2.45, 2.75) is 19.1 Å². The van der Waals surface area contributed by atoms with Crippen molar-refractivity contribution in [3.8, 4) is 0 Å². The van der Waals surface area contributed by atoms with Crippen molar-refractivity contribution in [3.05, 3.63) is 59.7 Å². The molecule has 0 N–H and O–H groups in total. The molecule has 174 valence electrons. The lowest BCUT2D eigenvalue weighted by atomic mass is 10.1. The number of carbonyl (C=O) groups excluding carboxylic acids is 2. The smallest absolute Gasteiger partial charge is 0.383 e. The number of halogens is 3. The molecule has 1 aliphatic heterocycles. The number of aromatic nitrogens is 1. The van der Waals surface area contributed by atoms with Gasteiger partial charge in [0.15, 0.2) is 5.13 Å². The first-order valence-corrected chi connectivity index (χ1v) is 11.2. The number of anilines is 1. The Bertz CT molecular complexity index is 1130. The quantitative estimate of drug-likeness (QED) is 0.508. The van der Waals surface area contributed by atoms with Crippen molar-refractivity contribution in [1.82, 2.24) is 9.88 Å². The van der Waals surface area contributed by atoms with Gasteiger partial charge in [-0.1, -0.05) is 35.6 Å². The normalized spacial score (nSPS) is 16.5. The first-order chi connectivity index (χ1) is 15.8. The van der Waals surface area contributed by atoms with Crippen LogP contribution in [-0.2, 0) is 27.0 Å². The highest BCUT2D eigenvalue weighted by Crippen LogP contribution is 2.32. The third kappa shape index (κ3) is 5.17. The number of fused-ring (bicyclic) bond motifs is 1. The Balaban J connectivity index is 1.50. The van der Waals surface area contributed by atoms with Gasteiger partial charge in [-0.3, -0.25) is 14.5 Å². The van der Waals surface area contributed by atoms with Gasteiger partial charge in [0.25, 0.3) is 0 Å². The standard InChI is InChI=1S/C23H22F3N3O3S/c1-32-10-9-29(22-27-18-7-2-3-8-19(18)33-22)21(31)16-12-20(30)28(14-16)13-15-5-4-6-17(11-15)23(24,25)26/h2-8,11,16H,9-10,12-14H2,1H3. The monoisotopic (exact) mass is 477 g/mol. The second kappa shape index (κ2) is 9.48. The summed E-state index contributed by atoms with van der Waals surface area (Å²) in [7, 11) is 1.54. The molecule has 1 atom stereocenters. The molecule has 33 heavy (non-hydrogen) atoms. The Hall–Kier alpha value is -2.98. The summed E-state index contributed by atoms with van der Waals surface area (Å²) in [5.74, 6) is -1.11. The molecule has 0 spiro atoms. The molecule has 2 heterocycles. The molecule has 2 amide bonds. The summed E-state index contributed by atoms with van der Waals surface area (Å²) < 4.78 is 45.1. The van der Waals surface area contributed by atoms with Gasteiger partial charge in [-0.2, -0.15) is 13.2 Å². The molecule has 0 aliphatic carbocycles. The Morgan fingerprint density at radius 3 is 2.76 bits per heavy atom. The Kier molecular flexibility index (Phi) is 6.66. The zero-order valence-corrected chi connectivity index (χ0v) is 18.7. The van der Waals surface area contributed by atoms with Gasteiger partial charge in [-0.25, -0.2) is 4.98 Å². The fraction of sp³-hybridized carbons (Fsp3) is 0.348. The fourth-order valence-corrected chi connectivity index (χ4v) is 4.83. The topological polar surface area (TPSA) is 62.7 Å². The summed E-state index contributed by atoms with van der Waals surface area (Å²) in [6.45, 7) is 0.748. The maximum Gasteiger partial charge on any atom is 0.416 e. The number of ether oxygens (including phenoxy) is 1. The summed E-state index contributed by atoms with van der Waals surface area (Å²) in [6.07, 6.45) is -4.45. The molecule has 1 fully saturated rings. The van der Waals surface area contributed by atoms with E-state index in [0.717, 1.165) is 22.3 Å². The van der Waals surface area contributed by atoms with E-state index in [-0.39, 0.29) is 37.9 Å². The number of thiazole rings is 1. The molecular weight excluding hydrogens is 455 g/mol. The van der Waals surface area contributed by atoms with Crippen LogP contribution in [0.15, 0.2) is 48.5 Å². The van der Waals surface area contributed by atoms with Crippen LogP contribution in [0, 0.1) is 5.92 Å². The number of benzene rings is 2. The minimum Gasteiger partial charge on any atom is -0.383 e. The zero-order chi connectivity index (χ0) is 23.6. The van der Waals surface area contributed by atoms with Gasteiger partial charge in [0.1, 0.15) is 0 Å². The number of para-hydroxylation sites is 1. The van der Waals surface area contributed by atoms with Crippen LogP contribution < -0.4 is 4.90 Å². The van der Waals surface area contributed by atoms with Crippen molar-refractivity contribution in [2.75, 3.05) is 31.7 Å². The fourth-order valence-electron chi connectivity index (χ4n) is 3.84. The molecule has 10 heteroatoms. The summed E-state index contributed by atoms with van der Waals surface area (Å²) in [5, 5.41) is 0.530. The first kappa shape index (κ1) is 23.2. The van der Waals surface area contributed by atoms with Gasteiger partial charge in [0.2, 0.25) is 11.8 Å². The van der Waals surface area contributed by atoms with Crippen LogP contribution in [0.25, 0.3) is 10.2 Å². The number of methoxy groups -OCH3 is 1. The number of nitrogens with zero attached hydrogens (tertiary/aromatic N) is 3. The minimum atomic E-state index is -4.46. The minimum absolute atomic E-state index is 0.00612. The largest absolute Gasteiger partial charge is 0.416 e. The highest BCUT2D eigenvalue weighted by atomic mass is 32.1. The zero-order valence-electron chi connectivity index (χ0n) is 17.8. The van der Waals surface area contributed by atoms with E-state index in [9.17, 15) is 22.8 Å². The van der Waals surface area contributed by atoms with E-state index in [2.05, 4.69) is 4.98 Å². The number of rotatable bonds is 7. The van der Waals surface area contributed by atoms with E-state index in [1.165, 1.54) is 29.4 Å². The third-order valence-corrected chi connectivity index (χ3v) is 6.55. The molecule has 3 aromatic rings. The van der Waals surface area contributed by atoms with Gasteiger partial charge >= 0.3 is 6.18 Å². The van der Waals surface area contributed by atoms with Crippen LogP contribution in [0.3, 0.4) is 0 Å². The van der Waals surface area contributed by atoms with E-state index < -0.39 is 17.7 Å². The molecule has 1 aromatic heterocycles. The third-order valence-electron chi connectivity index (χ3n) is 5.49. The van der Waals surface area contributed by atoms with Crippen LogP contribution in [0.5, 0.6) is 0 Å². The molecule has 1 aliphatic rings. The molecule has 6 nitrogen and oxygen atoms in total. The van der Waals surface area contributed by atoms with Gasteiger partial charge < -0.3 is 9.64 Å². The van der Waals surface area contributed by atoms with Gasteiger partial charge in [-0.15, -0.1) is 0 Å². The van der Waals surface area contributed by atoms with Crippen LogP contribution in [0.2, 0.25) is 0 Å². The lowest BCUT2D eigenvalue weighted by Crippen LogP contribution is -2.39. The summed E-state index contributed by atoms with van der Waals surface area (Å²) in [4.78, 5) is 33.5. The summed E-state index contributed by atoms with van der Waals surface area (Å²) >= 11 is 1.38. The van der Waals surface area contributed by atoms with Crippen LogP contribution >= 0.6 is 11.3 Å². The Labute approximate surface area is 192 Å². The Morgan fingerprint density at radius 1 is 1.24 bits per heavy atom. The lowest BCUT2D eigenvalue weighted by molar-refractivity contribution is -0.137. The number of hydrogen-bond donors (Lipinski definition) is 0. The molecule has 0 bridgehead atoms. The number of alkyl halides is 3. The van der Waals surface area contributed by atoms with Crippen molar-refractivity contribution in [3.63, 3.8) is 0 Å². The van der Waals surface area contributed by atoms with Crippen molar-refractivity contribution in [1.29, 1.82) is 0 Å².